The Hall–Kier alpha value is -2.07. The summed E-state index contributed by atoms with van der Waals surface area (Å²) in [5.41, 5.74) is 19.3. The summed E-state index contributed by atoms with van der Waals surface area (Å²) in [5, 5.41) is 7.94. The van der Waals surface area contributed by atoms with Crippen molar-refractivity contribution >= 4 is 11.4 Å². The normalized spacial score (nSPS) is 12.2. The Morgan fingerprint density at radius 2 is 1.05 bits per heavy atom. The molecule has 0 radical (unpaired) electrons. The van der Waals surface area contributed by atoms with Crippen molar-refractivity contribution in [2.45, 2.75) is 106 Å². The summed E-state index contributed by atoms with van der Waals surface area (Å²) in [6, 6.07) is 17.4. The van der Waals surface area contributed by atoms with Crippen LogP contribution in [-0.4, -0.2) is 30.9 Å². The smallest absolute Gasteiger partial charge is 0.663 e. The van der Waals surface area contributed by atoms with Crippen molar-refractivity contribution in [3.63, 3.8) is 0 Å². The van der Waals surface area contributed by atoms with Crippen molar-refractivity contribution in [1.82, 2.24) is 0 Å². The van der Waals surface area contributed by atoms with Crippen LogP contribution in [0.4, 0.5) is 0 Å². The van der Waals surface area contributed by atoms with Crippen LogP contribution in [0.25, 0.3) is 27.6 Å². The van der Waals surface area contributed by atoms with Crippen LogP contribution < -0.4 is 0 Å². The van der Waals surface area contributed by atoms with E-state index in [2.05, 4.69) is 86.0 Å². The quantitative estimate of drug-likeness (QED) is 0.144. The number of unbranched alkanes of at least 4 members (excludes halogenated alkanes) is 3. The van der Waals surface area contributed by atoms with Gasteiger partial charge in [0.15, 0.2) is 0 Å². The van der Waals surface area contributed by atoms with Gasteiger partial charge in [0.1, 0.15) is 0 Å². The number of benzene rings is 2. The van der Waals surface area contributed by atoms with Crippen molar-refractivity contribution in [2.24, 2.45) is 0 Å². The molecule has 1 heterocycles. The minimum absolute atomic E-state index is 0. The molecule has 4 nitrogen and oxygen atoms in total. The van der Waals surface area contributed by atoms with E-state index < -0.39 is 0 Å². The summed E-state index contributed by atoms with van der Waals surface area (Å²) < 4.78 is 1.43. The zero-order chi connectivity index (χ0) is 29.6. The third-order valence-electron chi connectivity index (χ3n) is 6.81. The summed E-state index contributed by atoms with van der Waals surface area (Å²) in [7, 11) is 0. The maximum atomic E-state index is 11.3. The SMILES string of the molecule is CCCCC1=C(c2cccc(CCCC)c2)[N+](=[N-])C(c2cccc(CCCC)c2)=C1.CC[N-]CC.CC[N-]CC.[Ni+2]. The van der Waals surface area contributed by atoms with E-state index in [1.165, 1.54) is 47.1 Å². The van der Waals surface area contributed by atoms with Crippen LogP contribution in [0.15, 0.2) is 60.2 Å². The summed E-state index contributed by atoms with van der Waals surface area (Å²) >= 11 is 0. The van der Waals surface area contributed by atoms with Crippen LogP contribution in [0.5, 0.6) is 0 Å². The van der Waals surface area contributed by atoms with E-state index in [0.717, 1.165) is 80.8 Å². The number of allylic oxidation sites excluding steroid dienone is 2. The third kappa shape index (κ3) is 14.6. The van der Waals surface area contributed by atoms with Crippen molar-refractivity contribution < 1.29 is 21.2 Å². The van der Waals surface area contributed by atoms with Crippen molar-refractivity contribution in [2.75, 3.05) is 26.2 Å². The Kier molecular flexibility index (Phi) is 23.3. The van der Waals surface area contributed by atoms with Crippen LogP contribution in [0, 0.1) is 0 Å². The fraction of sp³-hybridized carbons (Fsp3) is 0.556. The van der Waals surface area contributed by atoms with Gasteiger partial charge >= 0.3 is 16.5 Å². The van der Waals surface area contributed by atoms with Gasteiger partial charge in [-0.3, -0.25) is 0 Å². The summed E-state index contributed by atoms with van der Waals surface area (Å²) in [5.74, 6) is 0. The summed E-state index contributed by atoms with van der Waals surface area (Å²) in [4.78, 5) is 0. The maximum Gasteiger partial charge on any atom is 2.00 e. The van der Waals surface area contributed by atoms with Crippen LogP contribution >= 0.6 is 0 Å². The molecule has 3 rings (SSSR count). The molecule has 0 N–H and O–H groups in total. The third-order valence-corrected chi connectivity index (χ3v) is 6.81. The number of hydrogen-bond acceptors (Lipinski definition) is 0. The van der Waals surface area contributed by atoms with Crippen LogP contribution in [0.1, 0.15) is 116 Å². The molecule has 41 heavy (non-hydrogen) atoms. The molecule has 5 heteroatoms. The monoisotopic (exact) mass is 602 g/mol. The van der Waals surface area contributed by atoms with Crippen molar-refractivity contribution in [1.29, 1.82) is 0 Å². The fourth-order valence-corrected chi connectivity index (χ4v) is 4.59. The average molecular weight is 604 g/mol. The standard InChI is InChI=1S/C28H36N2.2C4H10N.Ni/c1-4-7-12-22-14-10-17-24(19-22)27-21-26(16-9-6-3)28(30(27)29)25-18-11-15-23(20-25)13-8-5-2;2*1-3-5-4-2;/h10-11,14-15,17-21H,4-9,12-13,16H2,1-3H3;2*3-4H2,1-2H3;/q;2*-1;+2. The molecule has 0 saturated heterocycles. The Labute approximate surface area is 262 Å². The van der Waals surface area contributed by atoms with Gasteiger partial charge in [0.05, 0.1) is 0 Å². The van der Waals surface area contributed by atoms with E-state index in [1.807, 2.05) is 27.7 Å². The number of rotatable bonds is 15. The molecule has 1 aliphatic heterocycles. The van der Waals surface area contributed by atoms with Gasteiger partial charge in [0.2, 0.25) is 11.4 Å². The van der Waals surface area contributed by atoms with E-state index >= 15 is 0 Å². The average Bonchev–Trinajstić information content (AvgIpc) is 3.31. The second-order valence-corrected chi connectivity index (χ2v) is 10.1. The first kappa shape index (κ1) is 38.9. The topological polar surface area (TPSA) is 53.5 Å². The molecular weight excluding hydrogens is 547 g/mol. The molecule has 0 saturated carbocycles. The molecule has 2 aromatic rings. The minimum Gasteiger partial charge on any atom is -0.663 e. The predicted octanol–water partition coefficient (Wildman–Crippen LogP) is 11.2. The first-order valence-corrected chi connectivity index (χ1v) is 15.9. The molecule has 0 fully saturated rings. The number of nitrogens with zero attached hydrogens (tertiary/aromatic N) is 4. The second kappa shape index (κ2) is 24.5. The second-order valence-electron chi connectivity index (χ2n) is 10.1. The van der Waals surface area contributed by atoms with E-state index in [4.69, 9.17) is 0 Å². The van der Waals surface area contributed by atoms with E-state index in [1.54, 1.807) is 0 Å². The molecule has 2 aromatic carbocycles. The fourth-order valence-electron chi connectivity index (χ4n) is 4.59. The molecule has 0 aromatic heterocycles. The predicted molar refractivity (Wildman–Crippen MR) is 177 cm³/mol. The Morgan fingerprint density at radius 1 is 0.610 bits per heavy atom. The Bertz CT molecular complexity index is 1030. The molecule has 0 spiro atoms. The molecule has 230 valence electrons. The van der Waals surface area contributed by atoms with Gasteiger partial charge in [0, 0.05) is 22.8 Å². The first-order valence-electron chi connectivity index (χ1n) is 15.9. The van der Waals surface area contributed by atoms with Gasteiger partial charge < -0.3 is 16.2 Å². The molecule has 0 bridgehead atoms. The summed E-state index contributed by atoms with van der Waals surface area (Å²) in [6.45, 7) is 18.7. The van der Waals surface area contributed by atoms with Gasteiger partial charge in [0.25, 0.3) is 0 Å². The zero-order valence-electron chi connectivity index (χ0n) is 27.0. The van der Waals surface area contributed by atoms with Gasteiger partial charge in [-0.2, -0.15) is 26.2 Å². The Balaban J connectivity index is 0.00000125. The largest absolute Gasteiger partial charge is 2.00 e. The van der Waals surface area contributed by atoms with Gasteiger partial charge in [-0.05, 0) is 73.9 Å². The number of aryl methyl sites for hydroxylation is 2. The first-order chi connectivity index (χ1) is 19.5. The van der Waals surface area contributed by atoms with Gasteiger partial charge in [-0.15, -0.1) is 0 Å². The summed E-state index contributed by atoms with van der Waals surface area (Å²) in [6.07, 6.45) is 12.4. The molecular formula is C36H56N4Ni. The van der Waals surface area contributed by atoms with Crippen LogP contribution in [0.3, 0.4) is 0 Å². The molecule has 1 aliphatic rings. The van der Waals surface area contributed by atoms with E-state index in [-0.39, 0.29) is 16.5 Å². The molecule has 0 aliphatic carbocycles. The number of hydrogen-bond donors (Lipinski definition) is 0. The molecule has 0 unspecified atom stereocenters. The van der Waals surface area contributed by atoms with Gasteiger partial charge in [-0.25, -0.2) is 4.70 Å². The van der Waals surface area contributed by atoms with Crippen LogP contribution in [-0.2, 0) is 29.3 Å². The Morgan fingerprint density at radius 3 is 1.49 bits per heavy atom. The van der Waals surface area contributed by atoms with Crippen molar-refractivity contribution in [3.05, 3.63) is 98.6 Å². The minimum atomic E-state index is 0. The molecule has 0 atom stereocenters. The van der Waals surface area contributed by atoms with Crippen molar-refractivity contribution in [3.8, 4) is 0 Å². The van der Waals surface area contributed by atoms with Gasteiger partial charge in [-0.1, -0.05) is 92.0 Å². The maximum absolute atomic E-state index is 11.3. The zero-order valence-corrected chi connectivity index (χ0v) is 28.0. The van der Waals surface area contributed by atoms with E-state index in [9.17, 15) is 5.53 Å². The van der Waals surface area contributed by atoms with E-state index in [0.29, 0.717) is 0 Å². The van der Waals surface area contributed by atoms with Crippen LogP contribution in [0.2, 0.25) is 0 Å². The molecule has 0 amide bonds.